The van der Waals surface area contributed by atoms with Crippen molar-refractivity contribution in [1.82, 2.24) is 4.57 Å². The molecule has 0 radical (unpaired) electrons. The Kier molecular flexibility index (Phi) is 2.35. The first-order valence-electron chi connectivity index (χ1n) is 4.67. The second-order valence-electron chi connectivity index (χ2n) is 3.26. The van der Waals surface area contributed by atoms with E-state index in [0.29, 0.717) is 5.39 Å². The van der Waals surface area contributed by atoms with E-state index in [1.54, 1.807) is 6.07 Å². The molecule has 0 saturated carbocycles. The number of rotatable bonds is 3. The maximum Gasteiger partial charge on any atom is 0.132 e. The van der Waals surface area contributed by atoms with Crippen LogP contribution >= 0.6 is 0 Å². The molecule has 0 saturated heterocycles. The molecule has 1 aromatic heterocycles. The van der Waals surface area contributed by atoms with Crippen LogP contribution in [0.5, 0.6) is 0 Å². The fourth-order valence-corrected chi connectivity index (χ4v) is 1.61. The third-order valence-corrected chi connectivity index (χ3v) is 2.33. The van der Waals surface area contributed by atoms with Gasteiger partial charge in [0, 0.05) is 18.1 Å². The Labute approximate surface area is 82.5 Å². The molecule has 2 aromatic rings. The first-order chi connectivity index (χ1) is 6.83. The van der Waals surface area contributed by atoms with Crippen LogP contribution in [0.2, 0.25) is 0 Å². The number of aryl methyl sites for hydroxylation is 1. The summed E-state index contributed by atoms with van der Waals surface area (Å²) in [4.78, 5) is 0. The first kappa shape index (κ1) is 9.00. The van der Waals surface area contributed by atoms with Crippen LogP contribution in [0.3, 0.4) is 0 Å². The Morgan fingerprint density at radius 1 is 1.36 bits per heavy atom. The van der Waals surface area contributed by atoms with Crippen molar-refractivity contribution in [2.75, 3.05) is 0 Å². The lowest BCUT2D eigenvalue weighted by Gasteiger charge is -2.02. The van der Waals surface area contributed by atoms with E-state index >= 15 is 0 Å². The van der Waals surface area contributed by atoms with Gasteiger partial charge in [0.25, 0.3) is 0 Å². The van der Waals surface area contributed by atoms with E-state index in [-0.39, 0.29) is 5.82 Å². The van der Waals surface area contributed by atoms with Crippen molar-refractivity contribution in [2.45, 2.75) is 13.0 Å². The molecule has 0 aliphatic rings. The molecule has 2 heteroatoms. The van der Waals surface area contributed by atoms with E-state index in [0.717, 1.165) is 18.5 Å². The third kappa shape index (κ3) is 1.43. The Bertz CT molecular complexity index is 456. The summed E-state index contributed by atoms with van der Waals surface area (Å²) in [6, 6.07) is 6.97. The summed E-state index contributed by atoms with van der Waals surface area (Å²) in [5, 5.41) is 0.691. The normalized spacial score (nSPS) is 10.6. The minimum absolute atomic E-state index is 0.153. The Balaban J connectivity index is 2.47. The molecule has 2 rings (SSSR count). The van der Waals surface area contributed by atoms with Gasteiger partial charge in [-0.1, -0.05) is 12.1 Å². The van der Waals surface area contributed by atoms with Crippen LogP contribution in [0, 0.1) is 5.82 Å². The average molecular weight is 189 g/mol. The number of allylic oxidation sites excluding steroid dienone is 1. The fourth-order valence-electron chi connectivity index (χ4n) is 1.61. The van der Waals surface area contributed by atoms with E-state index in [1.807, 2.05) is 29.0 Å². The van der Waals surface area contributed by atoms with Gasteiger partial charge in [-0.3, -0.25) is 0 Å². The summed E-state index contributed by atoms with van der Waals surface area (Å²) in [5.74, 6) is -0.153. The molecule has 72 valence electrons. The molecule has 0 N–H and O–H groups in total. The highest BCUT2D eigenvalue weighted by Crippen LogP contribution is 2.19. The Morgan fingerprint density at radius 3 is 3.00 bits per heavy atom. The Morgan fingerprint density at radius 2 is 2.21 bits per heavy atom. The van der Waals surface area contributed by atoms with Crippen LogP contribution in [0.1, 0.15) is 6.42 Å². The standard InChI is InChI=1S/C12H12FN/c1-2-3-8-14-9-7-10-11(13)5-4-6-12(10)14/h2,4-7,9H,1,3,8H2. The smallest absolute Gasteiger partial charge is 0.132 e. The van der Waals surface area contributed by atoms with Gasteiger partial charge in [0.05, 0.1) is 5.52 Å². The van der Waals surface area contributed by atoms with Gasteiger partial charge in [-0.25, -0.2) is 4.39 Å². The average Bonchev–Trinajstić information content (AvgIpc) is 2.60. The molecular weight excluding hydrogens is 177 g/mol. The lowest BCUT2D eigenvalue weighted by molar-refractivity contribution is 0.639. The topological polar surface area (TPSA) is 4.93 Å². The van der Waals surface area contributed by atoms with Crippen molar-refractivity contribution < 1.29 is 4.39 Å². The molecule has 14 heavy (non-hydrogen) atoms. The maximum atomic E-state index is 13.3. The van der Waals surface area contributed by atoms with Crippen LogP contribution in [-0.2, 0) is 6.54 Å². The van der Waals surface area contributed by atoms with Gasteiger partial charge in [-0.05, 0) is 24.6 Å². The van der Waals surface area contributed by atoms with Crippen LogP contribution in [-0.4, -0.2) is 4.57 Å². The molecule has 0 fully saturated rings. The van der Waals surface area contributed by atoms with Gasteiger partial charge in [0.15, 0.2) is 0 Å². The van der Waals surface area contributed by atoms with Gasteiger partial charge in [0.2, 0.25) is 0 Å². The molecule has 0 atom stereocenters. The molecular formula is C12H12FN. The van der Waals surface area contributed by atoms with E-state index < -0.39 is 0 Å². The molecule has 0 amide bonds. The SMILES string of the molecule is C=CCCn1ccc2c(F)cccc21. The lowest BCUT2D eigenvalue weighted by Crippen LogP contribution is -1.94. The first-order valence-corrected chi connectivity index (χ1v) is 4.67. The lowest BCUT2D eigenvalue weighted by atomic mass is 10.2. The van der Waals surface area contributed by atoms with E-state index in [1.165, 1.54) is 6.07 Å². The van der Waals surface area contributed by atoms with Crippen molar-refractivity contribution >= 4 is 10.9 Å². The van der Waals surface area contributed by atoms with Crippen molar-refractivity contribution in [2.24, 2.45) is 0 Å². The van der Waals surface area contributed by atoms with Gasteiger partial charge in [-0.15, -0.1) is 6.58 Å². The number of hydrogen-bond acceptors (Lipinski definition) is 0. The van der Waals surface area contributed by atoms with Crippen LogP contribution in [0.4, 0.5) is 4.39 Å². The van der Waals surface area contributed by atoms with E-state index in [4.69, 9.17) is 0 Å². The molecule has 0 bridgehead atoms. The summed E-state index contributed by atoms with van der Waals surface area (Å²) in [6.07, 6.45) is 4.68. The van der Waals surface area contributed by atoms with E-state index in [9.17, 15) is 4.39 Å². The second-order valence-corrected chi connectivity index (χ2v) is 3.26. The zero-order valence-electron chi connectivity index (χ0n) is 7.91. The summed E-state index contributed by atoms with van der Waals surface area (Å²) < 4.78 is 15.3. The van der Waals surface area contributed by atoms with Gasteiger partial charge in [0.1, 0.15) is 5.82 Å². The van der Waals surface area contributed by atoms with E-state index in [2.05, 4.69) is 6.58 Å². The minimum Gasteiger partial charge on any atom is -0.347 e. The highest BCUT2D eigenvalue weighted by molar-refractivity contribution is 5.80. The quantitative estimate of drug-likeness (QED) is 0.652. The second kappa shape index (κ2) is 3.66. The van der Waals surface area contributed by atoms with Crippen molar-refractivity contribution in [1.29, 1.82) is 0 Å². The van der Waals surface area contributed by atoms with Gasteiger partial charge < -0.3 is 4.57 Å². The minimum atomic E-state index is -0.153. The van der Waals surface area contributed by atoms with Gasteiger partial charge >= 0.3 is 0 Å². The molecule has 0 spiro atoms. The molecule has 1 heterocycles. The summed E-state index contributed by atoms with van der Waals surface area (Å²) in [6.45, 7) is 4.53. The van der Waals surface area contributed by atoms with Crippen molar-refractivity contribution in [3.8, 4) is 0 Å². The third-order valence-electron chi connectivity index (χ3n) is 2.33. The highest BCUT2D eigenvalue weighted by atomic mass is 19.1. The van der Waals surface area contributed by atoms with Crippen molar-refractivity contribution in [3.63, 3.8) is 0 Å². The number of nitrogens with zero attached hydrogens (tertiary/aromatic N) is 1. The number of halogens is 1. The predicted molar refractivity (Wildman–Crippen MR) is 56.7 cm³/mol. The molecule has 0 aliphatic carbocycles. The summed E-state index contributed by atoms with van der Waals surface area (Å²) in [7, 11) is 0. The zero-order valence-corrected chi connectivity index (χ0v) is 7.91. The van der Waals surface area contributed by atoms with Crippen LogP contribution in [0.25, 0.3) is 10.9 Å². The largest absolute Gasteiger partial charge is 0.347 e. The zero-order chi connectivity index (χ0) is 9.97. The molecule has 0 aliphatic heterocycles. The predicted octanol–water partition coefficient (Wildman–Crippen LogP) is 3.36. The molecule has 0 unspecified atom stereocenters. The number of benzene rings is 1. The van der Waals surface area contributed by atoms with Crippen LogP contribution < -0.4 is 0 Å². The van der Waals surface area contributed by atoms with Crippen LogP contribution in [0.15, 0.2) is 43.1 Å². The Hall–Kier alpha value is -1.57. The fraction of sp³-hybridized carbons (Fsp3) is 0.167. The number of aromatic nitrogens is 1. The van der Waals surface area contributed by atoms with Crippen molar-refractivity contribution in [3.05, 3.63) is 48.9 Å². The van der Waals surface area contributed by atoms with Gasteiger partial charge in [-0.2, -0.15) is 0 Å². The summed E-state index contributed by atoms with van der Waals surface area (Å²) in [5.41, 5.74) is 0.951. The summed E-state index contributed by atoms with van der Waals surface area (Å²) >= 11 is 0. The number of fused-ring (bicyclic) bond motifs is 1. The molecule has 1 nitrogen and oxygen atoms in total. The maximum absolute atomic E-state index is 13.3. The molecule has 1 aromatic carbocycles. The monoisotopic (exact) mass is 189 g/mol. The highest BCUT2D eigenvalue weighted by Gasteiger charge is 2.03. The number of hydrogen-bond donors (Lipinski definition) is 0.